The fraction of sp³-hybridized carbons (Fsp3) is 0.769. The maximum atomic E-state index is 12.7. The minimum atomic E-state index is -5.50. The van der Waals surface area contributed by atoms with E-state index in [-0.39, 0.29) is 0 Å². The highest BCUT2D eigenvalue weighted by atomic mass is 19.4. The van der Waals surface area contributed by atoms with Crippen LogP contribution >= 0.6 is 0 Å². The molecule has 0 spiro atoms. The second-order valence-electron chi connectivity index (χ2n) is 6.28. The third-order valence-corrected chi connectivity index (χ3v) is 3.20. The Labute approximate surface area is 132 Å². The lowest BCUT2D eigenvalue weighted by Gasteiger charge is -2.26. The van der Waals surface area contributed by atoms with Crippen LogP contribution in [0.1, 0.15) is 20.8 Å². The maximum Gasteiger partial charge on any atom is 0.451 e. The van der Waals surface area contributed by atoms with E-state index in [9.17, 15) is 40.7 Å². The molecule has 1 aliphatic heterocycles. The Kier molecular flexibility index (Phi) is 5.39. The molecular formula is C13H15F6NO4. The van der Waals surface area contributed by atoms with Crippen molar-refractivity contribution in [1.82, 2.24) is 5.32 Å². The topological polar surface area (TPSA) is 72.5 Å². The SMILES string of the molecule is CC(C)(C)OC(=O)C1CNC(C(=O)C(F)(F)F)C1C(=O)C(F)(F)F. The Morgan fingerprint density at radius 3 is 1.75 bits per heavy atom. The van der Waals surface area contributed by atoms with Gasteiger partial charge in [-0.3, -0.25) is 14.4 Å². The van der Waals surface area contributed by atoms with Gasteiger partial charge in [0.1, 0.15) is 5.60 Å². The van der Waals surface area contributed by atoms with Gasteiger partial charge in [0.15, 0.2) is 0 Å². The zero-order valence-electron chi connectivity index (χ0n) is 12.8. The van der Waals surface area contributed by atoms with Crippen molar-refractivity contribution in [3.05, 3.63) is 0 Å². The first-order valence-electron chi connectivity index (χ1n) is 6.74. The summed E-state index contributed by atoms with van der Waals surface area (Å²) in [6.45, 7) is 3.47. The van der Waals surface area contributed by atoms with Crippen molar-refractivity contribution in [3.8, 4) is 0 Å². The molecule has 3 atom stereocenters. The standard InChI is InChI=1S/C13H15F6NO4/c1-11(2,3)24-10(23)5-4-20-7(9(22)13(17,18)19)6(5)8(21)12(14,15)16/h5-7,20H,4H2,1-3H3. The first kappa shape index (κ1) is 20.4. The van der Waals surface area contributed by atoms with Crippen LogP contribution in [0.25, 0.3) is 0 Å². The molecule has 1 aliphatic rings. The predicted molar refractivity (Wildman–Crippen MR) is 66.7 cm³/mol. The van der Waals surface area contributed by atoms with Gasteiger partial charge in [-0.05, 0) is 20.8 Å². The molecule has 5 nitrogen and oxygen atoms in total. The number of Topliss-reactive ketones (excluding diaryl/α,β-unsaturated/α-hetero) is 2. The molecule has 0 bridgehead atoms. The number of hydrogen-bond acceptors (Lipinski definition) is 5. The Hall–Kier alpha value is -1.65. The maximum absolute atomic E-state index is 12.7. The molecule has 11 heteroatoms. The fourth-order valence-electron chi connectivity index (χ4n) is 2.30. The van der Waals surface area contributed by atoms with Gasteiger partial charge in [0, 0.05) is 6.54 Å². The summed E-state index contributed by atoms with van der Waals surface area (Å²) in [4.78, 5) is 34.7. The first-order valence-corrected chi connectivity index (χ1v) is 6.74. The summed E-state index contributed by atoms with van der Waals surface area (Å²) < 4.78 is 80.5. The molecule has 1 saturated heterocycles. The third kappa shape index (κ3) is 4.68. The van der Waals surface area contributed by atoms with Crippen LogP contribution in [-0.4, -0.2) is 48.1 Å². The van der Waals surface area contributed by atoms with E-state index in [0.29, 0.717) is 0 Å². The lowest BCUT2D eigenvalue weighted by Crippen LogP contribution is -2.50. The van der Waals surface area contributed by atoms with Gasteiger partial charge in [0.05, 0.1) is 17.9 Å². The summed E-state index contributed by atoms with van der Waals surface area (Å²) in [7, 11) is 0. The van der Waals surface area contributed by atoms with E-state index in [1.807, 2.05) is 5.32 Å². The van der Waals surface area contributed by atoms with E-state index < -0.39 is 59.9 Å². The Balaban J connectivity index is 3.20. The van der Waals surface area contributed by atoms with Crippen LogP contribution in [0, 0.1) is 11.8 Å². The molecule has 1 N–H and O–H groups in total. The Morgan fingerprint density at radius 1 is 0.917 bits per heavy atom. The number of ketones is 2. The normalized spacial score (nSPS) is 25.5. The van der Waals surface area contributed by atoms with Crippen LogP contribution in [0.5, 0.6) is 0 Å². The van der Waals surface area contributed by atoms with E-state index >= 15 is 0 Å². The summed E-state index contributed by atoms with van der Waals surface area (Å²) in [6.07, 6.45) is -11.0. The summed E-state index contributed by atoms with van der Waals surface area (Å²) in [5.74, 6) is -10.8. The van der Waals surface area contributed by atoms with E-state index in [4.69, 9.17) is 4.74 Å². The molecule has 0 saturated carbocycles. The number of alkyl halides is 6. The second-order valence-corrected chi connectivity index (χ2v) is 6.28. The smallest absolute Gasteiger partial charge is 0.451 e. The highest BCUT2D eigenvalue weighted by Gasteiger charge is 2.59. The molecule has 0 aromatic rings. The summed E-state index contributed by atoms with van der Waals surface area (Å²) in [5.41, 5.74) is -1.13. The minimum absolute atomic E-state index is 0.714. The van der Waals surface area contributed by atoms with Gasteiger partial charge in [0.25, 0.3) is 5.78 Å². The lowest BCUT2D eigenvalue weighted by atomic mass is 9.84. The van der Waals surface area contributed by atoms with Crippen molar-refractivity contribution in [2.75, 3.05) is 6.54 Å². The molecule has 0 aromatic heterocycles. The number of ether oxygens (including phenoxy) is 1. The zero-order valence-corrected chi connectivity index (χ0v) is 12.8. The lowest BCUT2D eigenvalue weighted by molar-refractivity contribution is -0.185. The van der Waals surface area contributed by atoms with Gasteiger partial charge in [-0.25, -0.2) is 0 Å². The molecule has 0 aromatic carbocycles. The van der Waals surface area contributed by atoms with E-state index in [0.717, 1.165) is 0 Å². The van der Waals surface area contributed by atoms with Gasteiger partial charge in [-0.2, -0.15) is 26.3 Å². The Bertz CT molecular complexity index is 534. The number of halogens is 6. The van der Waals surface area contributed by atoms with E-state index in [2.05, 4.69) is 0 Å². The van der Waals surface area contributed by atoms with Crippen molar-refractivity contribution in [2.45, 2.75) is 44.8 Å². The molecule has 3 unspecified atom stereocenters. The Morgan fingerprint density at radius 2 is 1.38 bits per heavy atom. The number of hydrogen-bond donors (Lipinski definition) is 1. The number of carbonyl (C=O) groups excluding carboxylic acids is 3. The van der Waals surface area contributed by atoms with Gasteiger partial charge in [-0.1, -0.05) is 0 Å². The van der Waals surface area contributed by atoms with Crippen molar-refractivity contribution in [2.24, 2.45) is 11.8 Å². The monoisotopic (exact) mass is 363 g/mol. The van der Waals surface area contributed by atoms with Gasteiger partial charge < -0.3 is 10.1 Å². The third-order valence-electron chi connectivity index (χ3n) is 3.20. The average Bonchev–Trinajstić information content (AvgIpc) is 2.76. The van der Waals surface area contributed by atoms with Crippen LogP contribution in [0.4, 0.5) is 26.3 Å². The van der Waals surface area contributed by atoms with E-state index in [1.54, 1.807) is 0 Å². The van der Waals surface area contributed by atoms with E-state index in [1.165, 1.54) is 20.8 Å². The van der Waals surface area contributed by atoms with Crippen LogP contribution < -0.4 is 5.32 Å². The largest absolute Gasteiger partial charge is 0.460 e. The molecule has 24 heavy (non-hydrogen) atoms. The predicted octanol–water partition coefficient (Wildman–Crippen LogP) is 1.80. The quantitative estimate of drug-likeness (QED) is 0.612. The van der Waals surface area contributed by atoms with Gasteiger partial charge in [-0.15, -0.1) is 0 Å². The zero-order chi connectivity index (χ0) is 19.1. The van der Waals surface area contributed by atoms with Crippen molar-refractivity contribution >= 4 is 17.5 Å². The van der Waals surface area contributed by atoms with Crippen molar-refractivity contribution in [3.63, 3.8) is 0 Å². The first-order chi connectivity index (χ1) is 10.6. The molecule has 0 amide bonds. The van der Waals surface area contributed by atoms with Crippen LogP contribution in [-0.2, 0) is 19.1 Å². The number of esters is 1. The van der Waals surface area contributed by atoms with Crippen LogP contribution in [0.3, 0.4) is 0 Å². The molecule has 138 valence electrons. The molecular weight excluding hydrogens is 348 g/mol. The molecule has 0 aliphatic carbocycles. The summed E-state index contributed by atoms with van der Waals surface area (Å²) >= 11 is 0. The number of nitrogens with one attached hydrogen (secondary N) is 1. The molecule has 1 heterocycles. The molecule has 1 rings (SSSR count). The molecule has 0 radical (unpaired) electrons. The van der Waals surface area contributed by atoms with Crippen molar-refractivity contribution in [1.29, 1.82) is 0 Å². The average molecular weight is 363 g/mol. The minimum Gasteiger partial charge on any atom is -0.460 e. The summed E-state index contributed by atoms with van der Waals surface area (Å²) in [6, 6.07) is -2.49. The van der Waals surface area contributed by atoms with Crippen LogP contribution in [0.15, 0.2) is 0 Å². The van der Waals surface area contributed by atoms with Crippen LogP contribution in [0.2, 0.25) is 0 Å². The van der Waals surface area contributed by atoms with Crippen molar-refractivity contribution < 1.29 is 45.5 Å². The highest BCUT2D eigenvalue weighted by molar-refractivity contribution is 6.00. The highest BCUT2D eigenvalue weighted by Crippen LogP contribution is 2.35. The fourth-order valence-corrected chi connectivity index (χ4v) is 2.30. The number of rotatable bonds is 3. The number of carbonyl (C=O) groups is 3. The molecule has 1 fully saturated rings. The summed E-state index contributed by atoms with van der Waals surface area (Å²) in [5, 5.41) is 1.89. The second kappa shape index (κ2) is 6.34. The van der Waals surface area contributed by atoms with Gasteiger partial charge >= 0.3 is 18.3 Å². The van der Waals surface area contributed by atoms with Gasteiger partial charge in [0.2, 0.25) is 5.78 Å².